The van der Waals surface area contributed by atoms with Crippen LogP contribution in [0, 0.1) is 0 Å². The Morgan fingerprint density at radius 3 is 2.19 bits per heavy atom. The third-order valence-electron chi connectivity index (χ3n) is 4.08. The Labute approximate surface area is 180 Å². The van der Waals surface area contributed by atoms with Crippen molar-refractivity contribution in [3.63, 3.8) is 0 Å². The van der Waals surface area contributed by atoms with Crippen molar-refractivity contribution in [2.45, 2.75) is 58.3 Å². The zero-order valence-corrected chi connectivity index (χ0v) is 17.7. The van der Waals surface area contributed by atoms with Gasteiger partial charge in [0.1, 0.15) is 18.8 Å². The second-order valence-corrected chi connectivity index (χ2v) is 6.76. The van der Waals surface area contributed by atoms with E-state index in [4.69, 9.17) is 23.8 Å². The number of rotatable bonds is 7. The van der Waals surface area contributed by atoms with Crippen LogP contribution in [-0.2, 0) is 38.1 Å². The van der Waals surface area contributed by atoms with Crippen molar-refractivity contribution in [1.29, 1.82) is 0 Å². The molecule has 2 N–H and O–H groups in total. The van der Waals surface area contributed by atoms with E-state index in [-0.39, 0.29) is 0 Å². The van der Waals surface area contributed by atoms with Crippen LogP contribution in [0.5, 0.6) is 0 Å². The van der Waals surface area contributed by atoms with Gasteiger partial charge in [-0.05, 0) is 0 Å². The molecule has 0 unspecified atom stereocenters. The number of H-pyrrole nitrogens is 1. The van der Waals surface area contributed by atoms with Crippen LogP contribution >= 0.6 is 0 Å². The number of hydrogen-bond donors (Lipinski definition) is 2. The molecule has 0 bridgehead atoms. The van der Waals surface area contributed by atoms with E-state index < -0.39 is 72.3 Å². The average Bonchev–Trinajstić information content (AvgIpc) is 2.65. The molecule has 0 spiro atoms. The smallest absolute Gasteiger partial charge is 0.361 e. The predicted molar refractivity (Wildman–Crippen MR) is 102 cm³/mol. The maximum Gasteiger partial charge on any atom is 0.361 e. The summed E-state index contributed by atoms with van der Waals surface area (Å²) in [6.45, 7) is 4.07. The summed E-state index contributed by atoms with van der Waals surface area (Å²) in [6.07, 6.45) is -4.35. The van der Waals surface area contributed by atoms with E-state index in [1.807, 2.05) is 4.98 Å². The number of esters is 3. The van der Waals surface area contributed by atoms with Crippen molar-refractivity contribution in [3.8, 4) is 0 Å². The topological polar surface area (TPSA) is 181 Å². The molecule has 1 aliphatic heterocycles. The summed E-state index contributed by atoms with van der Waals surface area (Å²) < 4.78 is 21.8. The van der Waals surface area contributed by atoms with Gasteiger partial charge in [0.05, 0.1) is 6.20 Å². The van der Waals surface area contributed by atoms with Crippen molar-refractivity contribution >= 4 is 23.8 Å². The molecular weight excluding hydrogens is 434 g/mol. The number of ether oxygens (including phenoxy) is 4. The van der Waals surface area contributed by atoms with E-state index in [1.165, 1.54) is 6.92 Å². The highest BCUT2D eigenvalue weighted by atomic mass is 16.8. The lowest BCUT2D eigenvalue weighted by atomic mass is 9.96. The first-order valence-corrected chi connectivity index (χ1v) is 9.37. The molecule has 176 valence electrons. The van der Waals surface area contributed by atoms with Crippen LogP contribution in [0.4, 0.5) is 0 Å². The first-order chi connectivity index (χ1) is 15.0. The molecule has 0 saturated carbocycles. The molecule has 1 aliphatic rings. The molecule has 1 amide bonds. The maximum absolute atomic E-state index is 12.0. The highest BCUT2D eigenvalue weighted by Crippen LogP contribution is 2.27. The number of aromatic nitrogens is 2. The van der Waals surface area contributed by atoms with Crippen LogP contribution in [0.2, 0.25) is 0 Å². The standard InChI is InChI=1S/C18H23N3O11/c1-8(22)19-14-16(30-11(4)25)15(29-10(3)24)12(7-28-9(2)23)31-17(14)32-21-6-5-13(26)20-18(21)27/h5-6,12,14-17H,7H2,1-4H3,(H,19,22)(H,20,26,27)/t12-,14-,15-,16-,17+/m1/s1. The second kappa shape index (κ2) is 10.6. The van der Waals surface area contributed by atoms with Gasteiger partial charge in [-0.1, -0.05) is 0 Å². The van der Waals surface area contributed by atoms with Gasteiger partial charge >= 0.3 is 23.6 Å². The van der Waals surface area contributed by atoms with E-state index >= 15 is 0 Å². The summed E-state index contributed by atoms with van der Waals surface area (Å²) in [5.41, 5.74) is -1.64. The van der Waals surface area contributed by atoms with E-state index in [0.29, 0.717) is 4.73 Å². The van der Waals surface area contributed by atoms with Crippen molar-refractivity contribution in [2.24, 2.45) is 0 Å². The molecule has 14 nitrogen and oxygen atoms in total. The summed E-state index contributed by atoms with van der Waals surface area (Å²) in [6, 6.07) is -0.271. The van der Waals surface area contributed by atoms with Crippen LogP contribution in [0.25, 0.3) is 0 Å². The zero-order chi connectivity index (χ0) is 24.0. The molecule has 0 aliphatic carbocycles. The van der Waals surface area contributed by atoms with Crippen molar-refractivity contribution < 1.29 is 43.0 Å². The number of aromatic amines is 1. The largest absolute Gasteiger partial charge is 0.463 e. The minimum atomic E-state index is -1.50. The predicted octanol–water partition coefficient (Wildman–Crippen LogP) is -2.38. The number of carbonyl (C=O) groups is 4. The number of hydrogen-bond acceptors (Lipinski definition) is 11. The molecule has 1 aromatic heterocycles. The van der Waals surface area contributed by atoms with Gasteiger partial charge in [-0.25, -0.2) is 4.79 Å². The highest BCUT2D eigenvalue weighted by Gasteiger charge is 2.52. The van der Waals surface area contributed by atoms with Gasteiger partial charge in [0, 0.05) is 33.8 Å². The second-order valence-electron chi connectivity index (χ2n) is 6.76. The van der Waals surface area contributed by atoms with Gasteiger partial charge in [0.15, 0.2) is 12.2 Å². The normalized spacial score (nSPS) is 24.7. The Balaban J connectivity index is 2.49. The molecule has 5 atom stereocenters. The van der Waals surface area contributed by atoms with Gasteiger partial charge in [-0.15, -0.1) is 4.73 Å². The lowest BCUT2D eigenvalue weighted by Crippen LogP contribution is -2.68. The summed E-state index contributed by atoms with van der Waals surface area (Å²) in [7, 11) is 0. The van der Waals surface area contributed by atoms with Crippen LogP contribution in [0.1, 0.15) is 27.7 Å². The Bertz CT molecular complexity index is 985. The number of carbonyl (C=O) groups excluding carboxylic acids is 4. The van der Waals surface area contributed by atoms with Crippen LogP contribution in [-0.4, -0.2) is 70.8 Å². The SMILES string of the molecule is CC(=O)N[C@H]1[C@H](On2ccc(=O)[nH]c2=O)O[C@H](COC(C)=O)[C@@H](OC(C)=O)[C@@H]1OC(C)=O. The van der Waals surface area contributed by atoms with Gasteiger partial charge < -0.3 is 29.1 Å². The quantitative estimate of drug-likeness (QED) is 0.329. The molecule has 1 aromatic rings. The molecule has 0 radical (unpaired) electrons. The number of nitrogens with one attached hydrogen (secondary N) is 2. The molecule has 1 fully saturated rings. The van der Waals surface area contributed by atoms with Crippen LogP contribution < -0.4 is 21.4 Å². The fourth-order valence-electron chi connectivity index (χ4n) is 2.98. The van der Waals surface area contributed by atoms with Gasteiger partial charge in [-0.2, -0.15) is 0 Å². The van der Waals surface area contributed by atoms with Crippen molar-refractivity contribution in [3.05, 3.63) is 33.1 Å². The summed E-state index contributed by atoms with van der Waals surface area (Å²) in [5.74, 6) is -2.80. The molecule has 0 aromatic carbocycles. The van der Waals surface area contributed by atoms with E-state index in [2.05, 4.69) is 5.32 Å². The van der Waals surface area contributed by atoms with Crippen LogP contribution in [0.3, 0.4) is 0 Å². The van der Waals surface area contributed by atoms with E-state index in [9.17, 15) is 28.8 Å². The van der Waals surface area contributed by atoms with Gasteiger partial charge in [0.2, 0.25) is 12.2 Å². The zero-order valence-electron chi connectivity index (χ0n) is 17.7. The number of nitrogens with zero attached hydrogens (tertiary/aromatic N) is 1. The summed E-state index contributed by atoms with van der Waals surface area (Å²) >= 11 is 0. The molecule has 2 rings (SSSR count). The lowest BCUT2D eigenvalue weighted by molar-refractivity contribution is -0.278. The Kier molecular flexibility index (Phi) is 8.12. The fourth-order valence-corrected chi connectivity index (χ4v) is 2.98. The third-order valence-corrected chi connectivity index (χ3v) is 4.08. The van der Waals surface area contributed by atoms with E-state index in [1.54, 1.807) is 0 Å². The summed E-state index contributed by atoms with van der Waals surface area (Å²) in [4.78, 5) is 77.3. The lowest BCUT2D eigenvalue weighted by Gasteiger charge is -2.44. The highest BCUT2D eigenvalue weighted by molar-refractivity contribution is 5.73. The van der Waals surface area contributed by atoms with Gasteiger partial charge in [0.25, 0.3) is 5.56 Å². The first-order valence-electron chi connectivity index (χ1n) is 9.37. The molecule has 32 heavy (non-hydrogen) atoms. The molecule has 1 saturated heterocycles. The average molecular weight is 457 g/mol. The molecule has 2 heterocycles. The van der Waals surface area contributed by atoms with E-state index in [0.717, 1.165) is 33.0 Å². The Morgan fingerprint density at radius 1 is 1.03 bits per heavy atom. The minimum absolute atomic E-state index is 0.432. The third kappa shape index (κ3) is 6.66. The fraction of sp³-hybridized carbons (Fsp3) is 0.556. The maximum atomic E-state index is 12.0. The van der Waals surface area contributed by atoms with Gasteiger partial charge in [-0.3, -0.25) is 29.0 Å². The molecular formula is C18H23N3O11. The van der Waals surface area contributed by atoms with Crippen molar-refractivity contribution in [2.75, 3.05) is 6.61 Å². The Morgan fingerprint density at radius 2 is 1.66 bits per heavy atom. The Hall–Kier alpha value is -3.68. The van der Waals surface area contributed by atoms with Crippen molar-refractivity contribution in [1.82, 2.24) is 15.0 Å². The minimum Gasteiger partial charge on any atom is -0.463 e. The first kappa shape index (κ1) is 24.6. The summed E-state index contributed by atoms with van der Waals surface area (Å²) in [5, 5.41) is 2.47. The molecule has 14 heteroatoms. The number of amides is 1. The monoisotopic (exact) mass is 457 g/mol. The van der Waals surface area contributed by atoms with Crippen LogP contribution in [0.15, 0.2) is 21.9 Å².